The van der Waals surface area contributed by atoms with Crippen LogP contribution in [0.15, 0.2) is 30.7 Å². The highest BCUT2D eigenvalue weighted by molar-refractivity contribution is 5.44. The Kier molecular flexibility index (Phi) is 29.1. The monoisotopic (exact) mass is 422 g/mol. The summed E-state index contributed by atoms with van der Waals surface area (Å²) in [6.07, 6.45) is 8.80. The number of ether oxygens (including phenoxy) is 2. The molecule has 2 aromatic rings. The van der Waals surface area contributed by atoms with Gasteiger partial charge < -0.3 is 19.3 Å². The SMILES string of the molecule is CC.CC=O.CCCCOC.CCCOc1ccc(C)cc1C.CCc1cnc[nH]1. The zero-order chi connectivity index (χ0) is 23.6. The van der Waals surface area contributed by atoms with E-state index < -0.39 is 0 Å². The second-order valence-corrected chi connectivity index (χ2v) is 6.13. The van der Waals surface area contributed by atoms with E-state index in [1.807, 2.05) is 26.1 Å². The van der Waals surface area contributed by atoms with Crippen molar-refractivity contribution in [3.8, 4) is 5.75 Å². The zero-order valence-electron chi connectivity index (χ0n) is 20.9. The summed E-state index contributed by atoms with van der Waals surface area (Å²) in [6.45, 7) is 17.7. The number of unbranched alkanes of at least 4 members (excludes halogenated alkanes) is 1. The van der Waals surface area contributed by atoms with Crippen molar-refractivity contribution in [3.63, 3.8) is 0 Å². The van der Waals surface area contributed by atoms with Crippen LogP contribution in [0.5, 0.6) is 5.75 Å². The Morgan fingerprint density at radius 1 is 1.07 bits per heavy atom. The number of benzene rings is 1. The molecule has 30 heavy (non-hydrogen) atoms. The predicted molar refractivity (Wildman–Crippen MR) is 130 cm³/mol. The molecule has 1 heterocycles. The second-order valence-electron chi connectivity index (χ2n) is 6.13. The Morgan fingerprint density at radius 3 is 2.03 bits per heavy atom. The van der Waals surface area contributed by atoms with E-state index in [0.29, 0.717) is 0 Å². The smallest absolute Gasteiger partial charge is 0.122 e. The first-order chi connectivity index (χ1) is 14.5. The molecule has 2 rings (SSSR count). The van der Waals surface area contributed by atoms with Crippen LogP contribution in [0.25, 0.3) is 0 Å². The minimum absolute atomic E-state index is 0.750. The third-order valence-electron chi connectivity index (χ3n) is 3.43. The molecule has 5 heteroatoms. The van der Waals surface area contributed by atoms with Gasteiger partial charge in [-0.1, -0.05) is 58.7 Å². The normalized spacial score (nSPS) is 8.57. The van der Waals surface area contributed by atoms with Crippen LogP contribution in [-0.4, -0.2) is 36.6 Å². The molecule has 0 aliphatic rings. The van der Waals surface area contributed by atoms with E-state index in [2.05, 4.69) is 56.7 Å². The average molecular weight is 423 g/mol. The van der Waals surface area contributed by atoms with Gasteiger partial charge in [0.25, 0.3) is 0 Å². The summed E-state index contributed by atoms with van der Waals surface area (Å²) < 4.78 is 10.3. The van der Waals surface area contributed by atoms with Crippen LogP contribution in [0, 0.1) is 13.8 Å². The lowest BCUT2D eigenvalue weighted by molar-refractivity contribution is -0.106. The fourth-order valence-corrected chi connectivity index (χ4v) is 1.94. The van der Waals surface area contributed by atoms with E-state index >= 15 is 0 Å². The highest BCUT2D eigenvalue weighted by atomic mass is 16.5. The summed E-state index contributed by atoms with van der Waals surface area (Å²) in [6, 6.07) is 6.27. The maximum atomic E-state index is 8.81. The van der Waals surface area contributed by atoms with Gasteiger partial charge in [-0.3, -0.25) is 0 Å². The number of carbonyl (C=O) groups is 1. The molecule has 0 fully saturated rings. The first kappa shape index (κ1) is 32.5. The van der Waals surface area contributed by atoms with Crippen molar-refractivity contribution in [2.24, 2.45) is 0 Å². The fourth-order valence-electron chi connectivity index (χ4n) is 1.94. The van der Waals surface area contributed by atoms with Gasteiger partial charge in [-0.2, -0.15) is 0 Å². The Morgan fingerprint density at radius 2 is 1.70 bits per heavy atom. The summed E-state index contributed by atoms with van der Waals surface area (Å²) >= 11 is 0. The lowest BCUT2D eigenvalue weighted by Crippen LogP contribution is -1.96. The number of H-pyrrole nitrogens is 1. The van der Waals surface area contributed by atoms with Crippen LogP contribution in [0.4, 0.5) is 0 Å². The van der Waals surface area contributed by atoms with Crippen LogP contribution >= 0.6 is 0 Å². The van der Waals surface area contributed by atoms with Crippen molar-refractivity contribution in [2.75, 3.05) is 20.3 Å². The number of aldehydes is 1. The van der Waals surface area contributed by atoms with Crippen LogP contribution in [-0.2, 0) is 16.0 Å². The molecule has 0 bridgehead atoms. The number of rotatable bonds is 7. The highest BCUT2D eigenvalue weighted by Gasteiger charge is 1.97. The second kappa shape index (κ2) is 26.9. The Bertz CT molecular complexity index is 566. The minimum Gasteiger partial charge on any atom is -0.493 e. The first-order valence-electron chi connectivity index (χ1n) is 11.1. The van der Waals surface area contributed by atoms with Crippen molar-refractivity contribution in [3.05, 3.63) is 47.5 Å². The Balaban J connectivity index is -0.000000348. The molecule has 5 nitrogen and oxygen atoms in total. The van der Waals surface area contributed by atoms with E-state index in [1.165, 1.54) is 36.6 Å². The summed E-state index contributed by atoms with van der Waals surface area (Å²) in [7, 11) is 1.73. The lowest BCUT2D eigenvalue weighted by Gasteiger charge is -2.07. The number of nitrogens with zero attached hydrogens (tertiary/aromatic N) is 1. The van der Waals surface area contributed by atoms with Crippen molar-refractivity contribution in [1.29, 1.82) is 0 Å². The Hall–Kier alpha value is -2.14. The topological polar surface area (TPSA) is 64.2 Å². The van der Waals surface area contributed by atoms with Gasteiger partial charge in [-0.15, -0.1) is 0 Å². The molecule has 0 amide bonds. The molecule has 0 unspecified atom stereocenters. The number of aromatic nitrogens is 2. The minimum atomic E-state index is 0.750. The molecule has 0 saturated carbocycles. The van der Waals surface area contributed by atoms with E-state index in [9.17, 15) is 0 Å². The van der Waals surface area contributed by atoms with Gasteiger partial charge in [-0.25, -0.2) is 4.98 Å². The van der Waals surface area contributed by atoms with Crippen molar-refractivity contribution in [1.82, 2.24) is 9.97 Å². The number of aromatic amines is 1. The third-order valence-corrected chi connectivity index (χ3v) is 3.43. The van der Waals surface area contributed by atoms with Crippen LogP contribution < -0.4 is 4.74 Å². The van der Waals surface area contributed by atoms with Gasteiger partial charge in [0.15, 0.2) is 0 Å². The molecule has 1 aromatic heterocycles. The molecule has 0 aliphatic heterocycles. The standard InChI is InChI=1S/C11H16O.C5H8N2.C5H12O.C2H4O.C2H6/c1-4-7-12-11-6-5-9(2)8-10(11)3;1-2-5-3-6-4-7-5;1-3-4-5-6-2;1-2-3;1-2/h5-6,8H,4,7H2,1-3H3;3-4H,2H2,1H3,(H,6,7);3-5H2,1-2H3;2H,1H3;1-2H3. The van der Waals surface area contributed by atoms with E-state index in [1.54, 1.807) is 13.4 Å². The van der Waals surface area contributed by atoms with Crippen LogP contribution in [0.3, 0.4) is 0 Å². The number of nitrogens with one attached hydrogen (secondary N) is 1. The summed E-state index contributed by atoms with van der Waals surface area (Å²) in [4.78, 5) is 15.6. The lowest BCUT2D eigenvalue weighted by atomic mass is 10.1. The molecule has 0 spiro atoms. The maximum absolute atomic E-state index is 8.81. The quantitative estimate of drug-likeness (QED) is 0.397. The number of aryl methyl sites for hydroxylation is 3. The molecular formula is C25H46N2O3. The average Bonchev–Trinajstić information content (AvgIpc) is 3.29. The summed E-state index contributed by atoms with van der Waals surface area (Å²) in [5, 5.41) is 0. The van der Waals surface area contributed by atoms with Crippen LogP contribution in [0.1, 0.15) is 77.6 Å². The number of hydrogen-bond donors (Lipinski definition) is 1. The molecule has 0 saturated heterocycles. The van der Waals surface area contributed by atoms with Gasteiger partial charge in [0.05, 0.1) is 12.9 Å². The number of methoxy groups -OCH3 is 1. The molecular weight excluding hydrogens is 376 g/mol. The molecule has 174 valence electrons. The number of imidazole rings is 1. The van der Waals surface area contributed by atoms with Gasteiger partial charge >= 0.3 is 0 Å². The van der Waals surface area contributed by atoms with Gasteiger partial charge in [0.2, 0.25) is 0 Å². The third kappa shape index (κ3) is 22.2. The Labute approximate surface area is 185 Å². The van der Waals surface area contributed by atoms with Crippen molar-refractivity contribution >= 4 is 6.29 Å². The van der Waals surface area contributed by atoms with Crippen molar-refractivity contribution in [2.45, 2.75) is 81.1 Å². The summed E-state index contributed by atoms with van der Waals surface area (Å²) in [5.41, 5.74) is 3.71. The molecule has 0 atom stereocenters. The molecule has 1 N–H and O–H groups in total. The fraction of sp³-hybridized carbons (Fsp3) is 0.600. The van der Waals surface area contributed by atoms with Crippen molar-refractivity contribution < 1.29 is 14.3 Å². The zero-order valence-corrected chi connectivity index (χ0v) is 20.9. The molecule has 0 radical (unpaired) electrons. The summed E-state index contributed by atoms with van der Waals surface area (Å²) in [5.74, 6) is 1.02. The van der Waals surface area contributed by atoms with Crippen LogP contribution in [0.2, 0.25) is 0 Å². The molecule has 1 aromatic carbocycles. The number of carbonyl (C=O) groups excluding carboxylic acids is 1. The van der Waals surface area contributed by atoms with Gasteiger partial charge in [0.1, 0.15) is 12.0 Å². The van der Waals surface area contributed by atoms with E-state index in [0.717, 1.165) is 38.1 Å². The largest absolute Gasteiger partial charge is 0.493 e. The highest BCUT2D eigenvalue weighted by Crippen LogP contribution is 2.18. The van der Waals surface area contributed by atoms with E-state index in [-0.39, 0.29) is 0 Å². The van der Waals surface area contributed by atoms with Gasteiger partial charge in [-0.05, 0) is 51.7 Å². The maximum Gasteiger partial charge on any atom is 0.122 e. The number of hydrogen-bond acceptors (Lipinski definition) is 4. The van der Waals surface area contributed by atoms with Gasteiger partial charge in [0, 0.05) is 25.6 Å². The molecule has 0 aliphatic carbocycles. The predicted octanol–water partition coefficient (Wildman–Crippen LogP) is 6.73. The first-order valence-corrected chi connectivity index (χ1v) is 11.1. The van der Waals surface area contributed by atoms with E-state index in [4.69, 9.17) is 14.3 Å².